The molecule has 0 saturated carbocycles. The molecule has 0 spiro atoms. The van der Waals surface area contributed by atoms with Gasteiger partial charge in [-0.3, -0.25) is 14.9 Å². The minimum atomic E-state index is -2.02. The number of halogens is 1. The molecule has 3 N–H and O–H groups in total. The van der Waals surface area contributed by atoms with Crippen LogP contribution < -0.4 is 5.43 Å². The number of nitrogens with one attached hydrogen (secondary N) is 1. The summed E-state index contributed by atoms with van der Waals surface area (Å²) in [6.45, 7) is 0. The number of hydrogen-bond donors (Lipinski definition) is 3. The van der Waals surface area contributed by atoms with E-state index < -0.39 is 16.4 Å². The van der Waals surface area contributed by atoms with Crippen molar-refractivity contribution in [3.05, 3.63) is 104 Å². The van der Waals surface area contributed by atoms with Crippen molar-refractivity contribution in [3.8, 4) is 5.75 Å². The molecule has 3 aromatic carbocycles. The van der Waals surface area contributed by atoms with Crippen LogP contribution in [0.3, 0.4) is 0 Å². The molecule has 0 fully saturated rings. The Morgan fingerprint density at radius 2 is 1.60 bits per heavy atom. The first-order valence-corrected chi connectivity index (χ1v) is 9.47. The Kier molecular flexibility index (Phi) is 6.24. The second-order valence-electron chi connectivity index (χ2n) is 6.26. The summed E-state index contributed by atoms with van der Waals surface area (Å²) >= 11 is 3.04. The fourth-order valence-corrected chi connectivity index (χ4v) is 3.30. The Morgan fingerprint density at radius 3 is 2.10 bits per heavy atom. The lowest BCUT2D eigenvalue weighted by Crippen LogP contribution is -2.43. The van der Waals surface area contributed by atoms with Crippen LogP contribution in [0.2, 0.25) is 0 Å². The van der Waals surface area contributed by atoms with E-state index in [1.54, 1.807) is 60.7 Å². The summed E-state index contributed by atoms with van der Waals surface area (Å²) in [6, 6.07) is 19.0. The molecule has 0 heterocycles. The van der Waals surface area contributed by atoms with Crippen LogP contribution in [0.4, 0.5) is 5.69 Å². The van der Waals surface area contributed by atoms with Crippen LogP contribution in [0.25, 0.3) is 0 Å². The van der Waals surface area contributed by atoms with Gasteiger partial charge in [0.25, 0.3) is 11.6 Å². The Labute approximate surface area is 179 Å². The summed E-state index contributed by atoms with van der Waals surface area (Å²) in [5, 5.41) is 36.1. The van der Waals surface area contributed by atoms with E-state index in [0.717, 1.165) is 18.3 Å². The number of phenols is 1. The van der Waals surface area contributed by atoms with Crippen LogP contribution in [0, 0.1) is 10.1 Å². The van der Waals surface area contributed by atoms with E-state index in [1.807, 2.05) is 0 Å². The van der Waals surface area contributed by atoms with Gasteiger partial charge in [0.05, 0.1) is 15.6 Å². The average Bonchev–Trinajstić information content (AvgIpc) is 2.76. The van der Waals surface area contributed by atoms with Gasteiger partial charge in [0.2, 0.25) is 0 Å². The molecule has 30 heavy (non-hydrogen) atoms. The summed E-state index contributed by atoms with van der Waals surface area (Å²) in [5.74, 6) is -1.11. The van der Waals surface area contributed by atoms with Crippen LogP contribution in [-0.4, -0.2) is 27.3 Å². The molecule has 0 aliphatic carbocycles. The molecule has 0 bridgehead atoms. The predicted molar refractivity (Wildman–Crippen MR) is 114 cm³/mol. The van der Waals surface area contributed by atoms with Gasteiger partial charge < -0.3 is 10.2 Å². The molecule has 0 aromatic heterocycles. The number of aromatic hydroxyl groups is 1. The van der Waals surface area contributed by atoms with Crippen molar-refractivity contribution in [2.75, 3.05) is 0 Å². The zero-order valence-electron chi connectivity index (χ0n) is 15.4. The molecule has 0 radical (unpaired) electrons. The Bertz CT molecular complexity index is 1060. The molecule has 0 aliphatic rings. The fraction of sp³-hybridized carbons (Fsp3) is 0.0476. The third-order valence-electron chi connectivity index (χ3n) is 4.37. The van der Waals surface area contributed by atoms with Crippen LogP contribution in [-0.2, 0) is 10.4 Å². The molecule has 0 aliphatic heterocycles. The second-order valence-corrected chi connectivity index (χ2v) is 7.12. The van der Waals surface area contributed by atoms with E-state index in [-0.39, 0.29) is 21.5 Å². The second kappa shape index (κ2) is 8.85. The number of aliphatic hydroxyl groups is 1. The number of benzene rings is 3. The van der Waals surface area contributed by atoms with Gasteiger partial charge in [-0.15, -0.1) is 0 Å². The highest BCUT2D eigenvalue weighted by molar-refractivity contribution is 9.10. The highest BCUT2D eigenvalue weighted by Crippen LogP contribution is 2.32. The number of hydrazone groups is 1. The number of non-ortho nitro benzene ring substituents is 1. The Balaban J connectivity index is 1.92. The van der Waals surface area contributed by atoms with Crippen molar-refractivity contribution >= 4 is 33.7 Å². The summed E-state index contributed by atoms with van der Waals surface area (Å²) in [6.07, 6.45) is 1.06. The quantitative estimate of drug-likeness (QED) is 0.289. The molecule has 0 unspecified atom stereocenters. The predicted octanol–water partition coefficient (Wildman–Crippen LogP) is 3.45. The zero-order valence-corrected chi connectivity index (χ0v) is 17.0. The largest absolute Gasteiger partial charge is 0.506 e. The molecule has 0 atom stereocenters. The number of carbonyl (C=O) groups excluding carboxylic acids is 1. The Hall–Kier alpha value is -3.56. The minimum absolute atomic E-state index is 0.0133. The lowest BCUT2D eigenvalue weighted by atomic mass is 9.85. The molecule has 8 nitrogen and oxygen atoms in total. The molecule has 152 valence electrons. The van der Waals surface area contributed by atoms with Gasteiger partial charge in [0, 0.05) is 17.7 Å². The fourth-order valence-electron chi connectivity index (χ4n) is 2.84. The van der Waals surface area contributed by atoms with Crippen LogP contribution >= 0.6 is 15.9 Å². The maximum Gasteiger partial charge on any atom is 0.281 e. The summed E-state index contributed by atoms with van der Waals surface area (Å²) in [7, 11) is 0. The highest BCUT2D eigenvalue weighted by Gasteiger charge is 2.39. The number of nitro groups is 1. The van der Waals surface area contributed by atoms with Crippen LogP contribution in [0.5, 0.6) is 5.75 Å². The number of nitrogens with zero attached hydrogens (tertiary/aromatic N) is 2. The molecule has 3 rings (SSSR count). The van der Waals surface area contributed by atoms with Gasteiger partial charge in [0.15, 0.2) is 5.60 Å². The van der Waals surface area contributed by atoms with Crippen molar-refractivity contribution in [1.82, 2.24) is 5.43 Å². The number of amides is 1. The van der Waals surface area contributed by atoms with Crippen LogP contribution in [0.1, 0.15) is 16.7 Å². The van der Waals surface area contributed by atoms with Gasteiger partial charge in [-0.1, -0.05) is 60.7 Å². The SMILES string of the molecule is O=C(N/N=C\c1cc([N+](=O)[O-])cc(Br)c1O)C(O)(c1ccccc1)c1ccccc1. The monoisotopic (exact) mass is 469 g/mol. The van der Waals surface area contributed by atoms with Gasteiger partial charge in [-0.25, -0.2) is 5.43 Å². The number of carbonyl (C=O) groups is 1. The number of phenolic OH excluding ortho intramolecular Hbond substituents is 1. The van der Waals surface area contributed by atoms with E-state index in [4.69, 9.17) is 0 Å². The van der Waals surface area contributed by atoms with E-state index >= 15 is 0 Å². The third-order valence-corrected chi connectivity index (χ3v) is 4.97. The summed E-state index contributed by atoms with van der Waals surface area (Å²) < 4.78 is 0.106. The maximum absolute atomic E-state index is 12.9. The van der Waals surface area contributed by atoms with E-state index in [9.17, 15) is 25.1 Å². The van der Waals surface area contributed by atoms with Crippen molar-refractivity contribution in [1.29, 1.82) is 0 Å². The maximum atomic E-state index is 12.9. The van der Waals surface area contributed by atoms with Crippen molar-refractivity contribution in [2.45, 2.75) is 5.60 Å². The molecule has 0 saturated heterocycles. The number of rotatable bonds is 6. The van der Waals surface area contributed by atoms with E-state index in [1.165, 1.54) is 0 Å². The molecule has 9 heteroatoms. The highest BCUT2D eigenvalue weighted by atomic mass is 79.9. The standard InChI is InChI=1S/C21H16BrN3O5/c22-18-12-17(25(29)30)11-14(19(18)26)13-23-24-20(27)21(28,15-7-3-1-4-8-15)16-9-5-2-6-10-16/h1-13,26,28H,(H,24,27)/b23-13-. The number of hydrogen-bond acceptors (Lipinski definition) is 6. The lowest BCUT2D eigenvalue weighted by molar-refractivity contribution is -0.385. The molecular weight excluding hydrogens is 454 g/mol. The summed E-state index contributed by atoms with van der Waals surface area (Å²) in [4.78, 5) is 23.3. The number of nitro benzene ring substituents is 1. The Morgan fingerprint density at radius 1 is 1.07 bits per heavy atom. The normalized spacial score (nSPS) is 11.4. The van der Waals surface area contributed by atoms with Crippen molar-refractivity contribution < 1.29 is 19.9 Å². The molecule has 1 amide bonds. The van der Waals surface area contributed by atoms with Gasteiger partial charge in [-0.2, -0.15) is 5.10 Å². The van der Waals surface area contributed by atoms with Crippen molar-refractivity contribution in [2.24, 2.45) is 5.10 Å². The first-order valence-electron chi connectivity index (χ1n) is 8.68. The van der Waals surface area contributed by atoms with Gasteiger partial charge in [0.1, 0.15) is 5.75 Å². The smallest absolute Gasteiger partial charge is 0.281 e. The van der Waals surface area contributed by atoms with E-state index in [2.05, 4.69) is 26.5 Å². The topological polar surface area (TPSA) is 125 Å². The zero-order chi connectivity index (χ0) is 21.7. The first-order chi connectivity index (χ1) is 14.3. The lowest BCUT2D eigenvalue weighted by Gasteiger charge is -2.27. The molecule has 3 aromatic rings. The van der Waals surface area contributed by atoms with Gasteiger partial charge >= 0.3 is 0 Å². The summed E-state index contributed by atoms with van der Waals surface area (Å²) in [5.41, 5.74) is 0.648. The minimum Gasteiger partial charge on any atom is -0.506 e. The van der Waals surface area contributed by atoms with Crippen molar-refractivity contribution in [3.63, 3.8) is 0 Å². The van der Waals surface area contributed by atoms with Crippen LogP contribution in [0.15, 0.2) is 82.4 Å². The average molecular weight is 470 g/mol. The first kappa shape index (κ1) is 21.2. The van der Waals surface area contributed by atoms with E-state index in [0.29, 0.717) is 11.1 Å². The molecular formula is C21H16BrN3O5. The third kappa shape index (κ3) is 4.22. The van der Waals surface area contributed by atoms with Gasteiger partial charge in [-0.05, 0) is 27.1 Å².